The van der Waals surface area contributed by atoms with Crippen LogP contribution in [0.15, 0.2) is 18.2 Å². The smallest absolute Gasteiger partial charge is 0.270 e. The Morgan fingerprint density at radius 2 is 2.11 bits per heavy atom. The Hall–Kier alpha value is -1.18. The first-order valence-corrected chi connectivity index (χ1v) is 7.19. The number of hydrogen-bond acceptors (Lipinski definition) is 3. The van der Waals surface area contributed by atoms with Crippen LogP contribution in [0, 0.1) is 19.6 Å². The first-order chi connectivity index (χ1) is 8.86. The summed E-state index contributed by atoms with van der Waals surface area (Å²) in [7, 11) is 0. The topological polar surface area (TPSA) is 72.2 Å². The van der Waals surface area contributed by atoms with Crippen molar-refractivity contribution in [2.75, 3.05) is 0 Å². The lowest BCUT2D eigenvalue weighted by atomic mass is 10.0. The van der Waals surface area contributed by atoms with E-state index in [2.05, 4.69) is 5.32 Å². The molecule has 0 aliphatic heterocycles. The molecule has 1 amide bonds. The van der Waals surface area contributed by atoms with Crippen LogP contribution in [0.3, 0.4) is 0 Å². The van der Waals surface area contributed by atoms with Crippen LogP contribution in [-0.4, -0.2) is 16.9 Å². The molecule has 0 heterocycles. The Balaban J connectivity index is 2.99. The van der Waals surface area contributed by atoms with Gasteiger partial charge in [-0.15, -0.1) is 0 Å². The Morgan fingerprint density at radius 3 is 2.58 bits per heavy atom. The zero-order chi connectivity index (χ0) is 14.6. The highest BCUT2D eigenvalue weighted by Gasteiger charge is 2.19. The molecule has 0 aliphatic carbocycles. The van der Waals surface area contributed by atoms with Gasteiger partial charge in [-0.3, -0.25) is 14.9 Å². The Morgan fingerprint density at radius 1 is 1.47 bits per heavy atom. The van der Waals surface area contributed by atoms with E-state index in [1.807, 2.05) is 43.4 Å². The zero-order valence-electron chi connectivity index (χ0n) is 11.1. The maximum Gasteiger partial charge on any atom is 0.270 e. The number of nitro benzene ring substituents is 1. The van der Waals surface area contributed by atoms with E-state index in [-0.39, 0.29) is 17.6 Å². The molecule has 0 radical (unpaired) electrons. The van der Waals surface area contributed by atoms with Crippen molar-refractivity contribution < 1.29 is 9.72 Å². The van der Waals surface area contributed by atoms with Crippen LogP contribution < -0.4 is 5.32 Å². The molecular weight excluding hydrogens is 359 g/mol. The second-order valence-corrected chi connectivity index (χ2v) is 5.82. The van der Waals surface area contributed by atoms with Gasteiger partial charge in [0.2, 0.25) is 0 Å². The lowest BCUT2D eigenvalue weighted by molar-refractivity contribution is -0.384. The van der Waals surface area contributed by atoms with E-state index in [0.717, 1.165) is 6.42 Å². The summed E-state index contributed by atoms with van der Waals surface area (Å²) in [6.45, 7) is 6.07. The maximum absolute atomic E-state index is 12.2. The van der Waals surface area contributed by atoms with Gasteiger partial charge in [-0.1, -0.05) is 20.8 Å². The molecule has 0 aliphatic rings. The molecule has 0 bridgehead atoms. The van der Waals surface area contributed by atoms with Gasteiger partial charge in [-0.2, -0.15) is 0 Å². The molecule has 6 heteroatoms. The summed E-state index contributed by atoms with van der Waals surface area (Å²) >= 11 is 2.01. The molecule has 1 aromatic rings. The van der Waals surface area contributed by atoms with Gasteiger partial charge in [-0.25, -0.2) is 0 Å². The summed E-state index contributed by atoms with van der Waals surface area (Å²) < 4.78 is 0.708. The van der Waals surface area contributed by atoms with Crippen LogP contribution in [0.2, 0.25) is 0 Å². The summed E-state index contributed by atoms with van der Waals surface area (Å²) in [5.41, 5.74) is 0.289. The first kappa shape index (κ1) is 15.9. The third-order valence-electron chi connectivity index (χ3n) is 2.97. The van der Waals surface area contributed by atoms with Crippen molar-refractivity contribution in [1.82, 2.24) is 5.32 Å². The van der Waals surface area contributed by atoms with Gasteiger partial charge >= 0.3 is 0 Å². The minimum atomic E-state index is -0.493. The minimum Gasteiger partial charge on any atom is -0.349 e. The number of non-ortho nitro benzene ring substituents is 1. The number of nitro groups is 1. The predicted octanol–water partition coefficient (Wildman–Crippen LogP) is 3.36. The maximum atomic E-state index is 12.2. The fraction of sp³-hybridized carbons (Fsp3) is 0.462. The van der Waals surface area contributed by atoms with Crippen LogP contribution in [0.4, 0.5) is 5.69 Å². The van der Waals surface area contributed by atoms with Gasteiger partial charge in [0.1, 0.15) is 0 Å². The normalized spacial score (nSPS) is 12.3. The van der Waals surface area contributed by atoms with Crippen molar-refractivity contribution >= 4 is 34.2 Å². The molecule has 1 N–H and O–H groups in total. The van der Waals surface area contributed by atoms with E-state index in [4.69, 9.17) is 0 Å². The molecule has 5 nitrogen and oxygen atoms in total. The molecule has 1 rings (SSSR count). The van der Waals surface area contributed by atoms with Crippen molar-refractivity contribution in [3.63, 3.8) is 0 Å². The second kappa shape index (κ2) is 6.83. The van der Waals surface area contributed by atoms with Crippen LogP contribution >= 0.6 is 22.6 Å². The van der Waals surface area contributed by atoms with E-state index < -0.39 is 4.92 Å². The molecule has 19 heavy (non-hydrogen) atoms. The number of benzene rings is 1. The van der Waals surface area contributed by atoms with Gasteiger partial charge in [0.05, 0.1) is 10.5 Å². The van der Waals surface area contributed by atoms with Gasteiger partial charge in [-0.05, 0) is 41.0 Å². The summed E-state index contributed by atoms with van der Waals surface area (Å²) in [4.78, 5) is 22.4. The molecule has 1 unspecified atom stereocenters. The largest absolute Gasteiger partial charge is 0.349 e. The average molecular weight is 376 g/mol. The van der Waals surface area contributed by atoms with Crippen molar-refractivity contribution in [2.24, 2.45) is 5.92 Å². The lowest BCUT2D eigenvalue weighted by Crippen LogP contribution is -2.38. The van der Waals surface area contributed by atoms with Crippen molar-refractivity contribution in [3.8, 4) is 0 Å². The highest BCUT2D eigenvalue weighted by Crippen LogP contribution is 2.20. The number of hydrogen-bond donors (Lipinski definition) is 1. The zero-order valence-corrected chi connectivity index (χ0v) is 13.3. The van der Waals surface area contributed by atoms with E-state index in [0.29, 0.717) is 15.1 Å². The van der Waals surface area contributed by atoms with Gasteiger partial charge in [0.25, 0.3) is 11.6 Å². The third kappa shape index (κ3) is 4.15. The van der Waals surface area contributed by atoms with Crippen LogP contribution in [0.5, 0.6) is 0 Å². The number of halogens is 1. The predicted molar refractivity (Wildman–Crippen MR) is 82.2 cm³/mol. The van der Waals surface area contributed by atoms with E-state index in [9.17, 15) is 14.9 Å². The van der Waals surface area contributed by atoms with Crippen LogP contribution in [-0.2, 0) is 0 Å². The number of nitrogens with zero attached hydrogens (tertiary/aromatic N) is 1. The molecule has 1 aromatic carbocycles. The average Bonchev–Trinajstić information content (AvgIpc) is 2.35. The number of rotatable bonds is 5. The number of carbonyl (C=O) groups is 1. The lowest BCUT2D eigenvalue weighted by Gasteiger charge is -2.21. The second-order valence-electron chi connectivity index (χ2n) is 4.65. The fourth-order valence-electron chi connectivity index (χ4n) is 1.79. The third-order valence-corrected chi connectivity index (χ3v) is 3.91. The molecule has 0 fully saturated rings. The van der Waals surface area contributed by atoms with Crippen molar-refractivity contribution in [2.45, 2.75) is 33.2 Å². The van der Waals surface area contributed by atoms with E-state index in [1.54, 1.807) is 6.07 Å². The van der Waals surface area contributed by atoms with Gasteiger partial charge in [0, 0.05) is 21.7 Å². The van der Waals surface area contributed by atoms with Crippen molar-refractivity contribution in [3.05, 3.63) is 37.4 Å². The Bertz CT molecular complexity index is 489. The summed E-state index contributed by atoms with van der Waals surface area (Å²) in [5, 5.41) is 13.7. The molecular formula is C13H17IN2O3. The van der Waals surface area contributed by atoms with Crippen molar-refractivity contribution in [1.29, 1.82) is 0 Å². The molecule has 1 atom stereocenters. The highest BCUT2D eigenvalue weighted by molar-refractivity contribution is 14.1. The Labute approximate surface area is 126 Å². The summed E-state index contributed by atoms with van der Waals surface area (Å²) in [6, 6.07) is 4.38. The highest BCUT2D eigenvalue weighted by atomic mass is 127. The Kier molecular flexibility index (Phi) is 5.71. The molecule has 0 saturated carbocycles. The number of nitrogens with one attached hydrogen (secondary N) is 1. The SMILES string of the molecule is CCC(NC(=O)c1cc([N+](=O)[O-])ccc1I)C(C)C. The molecule has 0 aromatic heterocycles. The quantitative estimate of drug-likeness (QED) is 0.487. The van der Waals surface area contributed by atoms with E-state index >= 15 is 0 Å². The monoisotopic (exact) mass is 376 g/mol. The number of amides is 1. The summed E-state index contributed by atoms with van der Waals surface area (Å²) in [6.07, 6.45) is 0.828. The standard InChI is InChI=1S/C13H17IN2O3/c1-4-12(8(2)3)15-13(17)10-7-9(16(18)19)5-6-11(10)14/h5-8,12H,4H2,1-3H3,(H,15,17). The minimum absolute atomic E-state index is 0.0665. The van der Waals surface area contributed by atoms with Crippen LogP contribution in [0.1, 0.15) is 37.6 Å². The fourth-order valence-corrected chi connectivity index (χ4v) is 2.37. The molecule has 0 saturated heterocycles. The molecule has 0 spiro atoms. The summed E-state index contributed by atoms with van der Waals surface area (Å²) in [5.74, 6) is 0.0685. The first-order valence-electron chi connectivity index (χ1n) is 6.11. The van der Waals surface area contributed by atoms with E-state index in [1.165, 1.54) is 12.1 Å². The van der Waals surface area contributed by atoms with Gasteiger partial charge < -0.3 is 5.32 Å². The molecule has 104 valence electrons. The van der Waals surface area contributed by atoms with Gasteiger partial charge in [0.15, 0.2) is 0 Å². The number of carbonyl (C=O) groups excluding carboxylic acids is 1. The van der Waals surface area contributed by atoms with Crippen LogP contribution in [0.25, 0.3) is 0 Å².